The largest absolute Gasteiger partial charge is 0.331 e. The van der Waals surface area contributed by atoms with Crippen LogP contribution in [-0.2, 0) is 10.0 Å². The molecule has 0 radical (unpaired) electrons. The molecule has 0 spiro atoms. The number of piperidine rings is 1. The maximum Gasteiger partial charge on any atom is 0.317 e. The minimum Gasteiger partial charge on any atom is -0.331 e. The van der Waals surface area contributed by atoms with E-state index in [1.165, 1.54) is 6.07 Å². The molecule has 1 aliphatic rings. The van der Waals surface area contributed by atoms with Crippen molar-refractivity contribution in [2.24, 2.45) is 0 Å². The van der Waals surface area contributed by atoms with E-state index in [4.69, 9.17) is 0 Å². The number of thiophene rings is 1. The monoisotopic (exact) mass is 429 g/mol. The molecule has 6 nitrogen and oxygen atoms in total. The normalized spacial score (nSPS) is 16.8. The lowest BCUT2D eigenvalue weighted by Gasteiger charge is -2.33. The van der Waals surface area contributed by atoms with Gasteiger partial charge in [-0.1, -0.05) is 12.1 Å². The molecule has 1 saturated heterocycles. The Morgan fingerprint density at radius 3 is 2.54 bits per heavy atom. The SMILES string of the molecule is C[C@@H](NC(=O)N1CCC(NS(=O)(=O)c2cccs2)CC1)c1ccc(F)c(F)c1. The molecule has 2 heterocycles. The first-order valence-electron chi connectivity index (χ1n) is 8.82. The molecule has 1 atom stereocenters. The van der Waals surface area contributed by atoms with Gasteiger partial charge in [-0.25, -0.2) is 26.7 Å². The van der Waals surface area contributed by atoms with Gasteiger partial charge in [0.05, 0.1) is 6.04 Å². The Morgan fingerprint density at radius 2 is 1.93 bits per heavy atom. The van der Waals surface area contributed by atoms with Crippen LogP contribution in [0.4, 0.5) is 13.6 Å². The molecule has 10 heteroatoms. The van der Waals surface area contributed by atoms with E-state index in [1.807, 2.05) is 0 Å². The highest BCUT2D eigenvalue weighted by molar-refractivity contribution is 7.91. The molecule has 3 rings (SSSR count). The first-order chi connectivity index (χ1) is 13.3. The summed E-state index contributed by atoms with van der Waals surface area (Å²) in [5.74, 6) is -1.90. The van der Waals surface area contributed by atoms with Crippen molar-refractivity contribution in [2.75, 3.05) is 13.1 Å². The van der Waals surface area contributed by atoms with E-state index in [0.29, 0.717) is 31.5 Å². The van der Waals surface area contributed by atoms with Gasteiger partial charge in [0.25, 0.3) is 0 Å². The summed E-state index contributed by atoms with van der Waals surface area (Å²) >= 11 is 1.16. The van der Waals surface area contributed by atoms with Crippen molar-refractivity contribution < 1.29 is 22.0 Å². The van der Waals surface area contributed by atoms with Gasteiger partial charge in [-0.15, -0.1) is 11.3 Å². The third-order valence-electron chi connectivity index (χ3n) is 4.65. The summed E-state index contributed by atoms with van der Waals surface area (Å²) in [6.45, 7) is 2.48. The van der Waals surface area contributed by atoms with Crippen LogP contribution in [-0.4, -0.2) is 38.5 Å². The van der Waals surface area contributed by atoms with E-state index < -0.39 is 27.7 Å². The summed E-state index contributed by atoms with van der Waals surface area (Å²) in [5, 5.41) is 4.46. The number of sulfonamides is 1. The summed E-state index contributed by atoms with van der Waals surface area (Å²) in [4.78, 5) is 14.0. The van der Waals surface area contributed by atoms with Crippen LogP contribution < -0.4 is 10.0 Å². The number of amides is 2. The average molecular weight is 430 g/mol. The molecule has 0 bridgehead atoms. The van der Waals surface area contributed by atoms with Crippen molar-refractivity contribution in [1.29, 1.82) is 0 Å². The summed E-state index contributed by atoms with van der Waals surface area (Å²) in [5.41, 5.74) is 0.464. The maximum atomic E-state index is 13.4. The Bertz CT molecular complexity index is 928. The van der Waals surface area contributed by atoms with Crippen molar-refractivity contribution >= 4 is 27.4 Å². The van der Waals surface area contributed by atoms with E-state index in [1.54, 1.807) is 29.3 Å². The summed E-state index contributed by atoms with van der Waals surface area (Å²) in [6.07, 6.45) is 0.995. The van der Waals surface area contributed by atoms with Crippen molar-refractivity contribution in [1.82, 2.24) is 14.9 Å². The predicted molar refractivity (Wildman–Crippen MR) is 103 cm³/mol. The van der Waals surface area contributed by atoms with Gasteiger partial charge >= 0.3 is 6.03 Å². The van der Waals surface area contributed by atoms with Gasteiger partial charge in [-0.05, 0) is 48.9 Å². The maximum absolute atomic E-state index is 13.4. The van der Waals surface area contributed by atoms with Gasteiger partial charge in [0.15, 0.2) is 11.6 Å². The number of likely N-dealkylation sites (tertiary alicyclic amines) is 1. The Balaban J connectivity index is 1.51. The first-order valence-corrected chi connectivity index (χ1v) is 11.2. The Morgan fingerprint density at radius 1 is 1.21 bits per heavy atom. The number of carbonyl (C=O) groups is 1. The average Bonchev–Trinajstić information content (AvgIpc) is 3.20. The van der Waals surface area contributed by atoms with Crippen LogP contribution in [0.3, 0.4) is 0 Å². The Kier molecular flexibility index (Phi) is 6.31. The lowest BCUT2D eigenvalue weighted by Crippen LogP contribution is -2.49. The highest BCUT2D eigenvalue weighted by Crippen LogP contribution is 2.20. The Labute approximate surface area is 166 Å². The molecule has 1 aromatic carbocycles. The van der Waals surface area contributed by atoms with Gasteiger partial charge in [0, 0.05) is 19.1 Å². The Hall–Kier alpha value is -2.04. The summed E-state index contributed by atoms with van der Waals surface area (Å²) in [6, 6.07) is 5.70. The highest BCUT2D eigenvalue weighted by Gasteiger charge is 2.27. The van der Waals surface area contributed by atoms with Crippen molar-refractivity contribution in [3.05, 3.63) is 52.9 Å². The van der Waals surface area contributed by atoms with Crippen LogP contribution in [0.1, 0.15) is 31.4 Å². The number of urea groups is 1. The van der Waals surface area contributed by atoms with Gasteiger partial charge in [-0.2, -0.15) is 0 Å². The van der Waals surface area contributed by atoms with Crippen LogP contribution in [0.2, 0.25) is 0 Å². The smallest absolute Gasteiger partial charge is 0.317 e. The molecule has 0 saturated carbocycles. The van der Waals surface area contributed by atoms with Gasteiger partial charge < -0.3 is 10.2 Å². The number of hydrogen-bond acceptors (Lipinski definition) is 4. The van der Waals surface area contributed by atoms with Gasteiger partial charge in [0.2, 0.25) is 10.0 Å². The van der Waals surface area contributed by atoms with Crippen LogP contribution >= 0.6 is 11.3 Å². The standard InChI is InChI=1S/C18H21F2N3O3S2/c1-12(13-4-5-15(19)16(20)11-13)21-18(24)23-8-6-14(7-9-23)22-28(25,26)17-3-2-10-27-17/h2-5,10-12,14,22H,6-9H2,1H3,(H,21,24)/t12-/m1/s1. The first kappa shape index (κ1) is 20.7. The van der Waals surface area contributed by atoms with E-state index in [2.05, 4.69) is 10.0 Å². The second-order valence-corrected chi connectivity index (χ2v) is 9.55. The summed E-state index contributed by atoms with van der Waals surface area (Å²) < 4.78 is 53.9. The van der Waals surface area contributed by atoms with Crippen LogP contribution in [0.25, 0.3) is 0 Å². The molecule has 0 unspecified atom stereocenters. The molecule has 28 heavy (non-hydrogen) atoms. The van der Waals surface area contributed by atoms with Gasteiger partial charge in [-0.3, -0.25) is 0 Å². The molecule has 2 amide bonds. The zero-order valence-electron chi connectivity index (χ0n) is 15.2. The number of nitrogens with one attached hydrogen (secondary N) is 2. The van der Waals surface area contributed by atoms with Crippen LogP contribution in [0.15, 0.2) is 39.9 Å². The molecule has 1 aromatic heterocycles. The zero-order valence-corrected chi connectivity index (χ0v) is 16.8. The van der Waals surface area contributed by atoms with E-state index in [0.717, 1.165) is 23.5 Å². The fourth-order valence-electron chi connectivity index (χ4n) is 3.04. The minimum absolute atomic E-state index is 0.236. The highest BCUT2D eigenvalue weighted by atomic mass is 32.2. The van der Waals surface area contributed by atoms with E-state index in [-0.39, 0.29) is 16.3 Å². The molecule has 0 aliphatic carbocycles. The minimum atomic E-state index is -3.53. The summed E-state index contributed by atoms with van der Waals surface area (Å²) in [7, 11) is -3.53. The zero-order chi connectivity index (χ0) is 20.3. The third-order valence-corrected chi connectivity index (χ3v) is 7.57. The number of hydrogen-bond donors (Lipinski definition) is 2. The molecule has 2 aromatic rings. The molecular formula is C18H21F2N3O3S2. The van der Waals surface area contributed by atoms with Crippen molar-refractivity contribution in [3.8, 4) is 0 Å². The van der Waals surface area contributed by atoms with E-state index in [9.17, 15) is 22.0 Å². The second kappa shape index (κ2) is 8.54. The lowest BCUT2D eigenvalue weighted by molar-refractivity contribution is 0.177. The van der Waals surface area contributed by atoms with Crippen molar-refractivity contribution in [3.63, 3.8) is 0 Å². The second-order valence-electron chi connectivity index (χ2n) is 6.66. The molecule has 1 aliphatic heterocycles. The molecule has 2 N–H and O–H groups in total. The number of nitrogens with zero attached hydrogens (tertiary/aromatic N) is 1. The quantitative estimate of drug-likeness (QED) is 0.766. The predicted octanol–water partition coefficient (Wildman–Crippen LogP) is 3.24. The number of halogens is 2. The molecule has 152 valence electrons. The number of benzene rings is 1. The van der Waals surface area contributed by atoms with Crippen molar-refractivity contribution in [2.45, 2.75) is 36.1 Å². The molecular weight excluding hydrogens is 408 g/mol. The van der Waals surface area contributed by atoms with Gasteiger partial charge in [0.1, 0.15) is 4.21 Å². The lowest BCUT2D eigenvalue weighted by atomic mass is 10.1. The number of rotatable bonds is 5. The van der Waals surface area contributed by atoms with Crippen LogP contribution in [0, 0.1) is 11.6 Å². The fraction of sp³-hybridized carbons (Fsp3) is 0.389. The fourth-order valence-corrected chi connectivity index (χ4v) is 5.35. The topological polar surface area (TPSA) is 78.5 Å². The van der Waals surface area contributed by atoms with E-state index >= 15 is 0 Å². The van der Waals surface area contributed by atoms with Crippen LogP contribution in [0.5, 0.6) is 0 Å². The molecule has 1 fully saturated rings. The third kappa shape index (κ3) is 4.86. The number of carbonyl (C=O) groups excluding carboxylic acids is 1.